The third-order valence-electron chi connectivity index (χ3n) is 3.06. The molecule has 16 heavy (non-hydrogen) atoms. The van der Waals surface area contributed by atoms with Gasteiger partial charge in [-0.25, -0.2) is 0 Å². The minimum Gasteiger partial charge on any atom is -0.286 e. The lowest BCUT2D eigenvalue weighted by Crippen LogP contribution is -2.18. The van der Waals surface area contributed by atoms with Crippen molar-refractivity contribution >= 4 is 5.71 Å². The molecule has 1 aliphatic heterocycles. The molecule has 2 heteroatoms. The zero-order chi connectivity index (χ0) is 11.5. The number of pyridine rings is 1. The first-order valence-electron chi connectivity index (χ1n) is 5.81. The van der Waals surface area contributed by atoms with E-state index in [1.54, 1.807) is 0 Å². The molecule has 2 unspecified atom stereocenters. The summed E-state index contributed by atoms with van der Waals surface area (Å²) in [6.07, 6.45) is 5.32. The molecule has 1 aromatic heterocycles. The quantitative estimate of drug-likeness (QED) is 0.741. The van der Waals surface area contributed by atoms with E-state index in [-0.39, 0.29) is 0 Å². The number of nitrogens with zero attached hydrogens (tertiary/aromatic N) is 2. The van der Waals surface area contributed by atoms with Crippen molar-refractivity contribution in [1.29, 1.82) is 0 Å². The average molecular weight is 214 g/mol. The Labute approximate surface area is 97.1 Å². The molecular formula is C14H18N2. The maximum absolute atomic E-state index is 4.68. The van der Waals surface area contributed by atoms with Crippen LogP contribution in [0.4, 0.5) is 0 Å². The van der Waals surface area contributed by atoms with E-state index in [2.05, 4.69) is 48.1 Å². The van der Waals surface area contributed by atoms with E-state index in [1.807, 2.05) is 13.0 Å². The molecule has 2 heterocycles. The van der Waals surface area contributed by atoms with Crippen LogP contribution in [-0.4, -0.2) is 16.7 Å². The number of hydrogen-bond donors (Lipinski definition) is 0. The molecule has 1 aromatic rings. The lowest BCUT2D eigenvalue weighted by Gasteiger charge is -2.21. The summed E-state index contributed by atoms with van der Waals surface area (Å²) in [7, 11) is 0. The van der Waals surface area contributed by atoms with Gasteiger partial charge in [-0.2, -0.15) is 0 Å². The summed E-state index contributed by atoms with van der Waals surface area (Å²) in [5.74, 6) is 0.389. The zero-order valence-electron chi connectivity index (χ0n) is 10.1. The van der Waals surface area contributed by atoms with E-state index >= 15 is 0 Å². The highest BCUT2D eigenvalue weighted by Gasteiger charge is 2.19. The van der Waals surface area contributed by atoms with E-state index in [4.69, 9.17) is 0 Å². The molecule has 1 aliphatic rings. The molecule has 2 atom stereocenters. The summed E-state index contributed by atoms with van der Waals surface area (Å²) in [6.45, 7) is 6.30. The number of aromatic nitrogens is 1. The van der Waals surface area contributed by atoms with Crippen molar-refractivity contribution in [3.05, 3.63) is 41.7 Å². The smallest absolute Gasteiger partial charge is 0.0618 e. The second kappa shape index (κ2) is 4.60. The van der Waals surface area contributed by atoms with Crippen molar-refractivity contribution in [2.24, 2.45) is 4.99 Å². The van der Waals surface area contributed by atoms with Gasteiger partial charge in [0.1, 0.15) is 0 Å². The van der Waals surface area contributed by atoms with Gasteiger partial charge in [-0.15, -0.1) is 0 Å². The number of aliphatic imine (C=N–C) groups is 1. The predicted octanol–water partition coefficient (Wildman–Crippen LogP) is 3.28. The van der Waals surface area contributed by atoms with Crippen molar-refractivity contribution < 1.29 is 0 Å². The molecule has 0 amide bonds. The van der Waals surface area contributed by atoms with Crippen molar-refractivity contribution in [1.82, 2.24) is 4.98 Å². The molecule has 0 N–H and O–H groups in total. The van der Waals surface area contributed by atoms with Gasteiger partial charge in [0.05, 0.1) is 6.04 Å². The van der Waals surface area contributed by atoms with Crippen molar-refractivity contribution in [3.63, 3.8) is 0 Å². The fourth-order valence-corrected chi connectivity index (χ4v) is 2.07. The Kier molecular flexibility index (Phi) is 3.18. The van der Waals surface area contributed by atoms with Crippen LogP contribution in [-0.2, 0) is 0 Å². The topological polar surface area (TPSA) is 25.2 Å². The van der Waals surface area contributed by atoms with E-state index in [1.165, 1.54) is 0 Å². The summed E-state index contributed by atoms with van der Waals surface area (Å²) < 4.78 is 0. The lowest BCUT2D eigenvalue weighted by atomic mass is 9.93. The molecule has 0 radical (unpaired) electrons. The molecule has 0 spiro atoms. The van der Waals surface area contributed by atoms with Gasteiger partial charge in [0.15, 0.2) is 0 Å². The first-order valence-corrected chi connectivity index (χ1v) is 5.81. The van der Waals surface area contributed by atoms with Gasteiger partial charge in [-0.05, 0) is 38.5 Å². The molecule has 0 aliphatic carbocycles. The summed E-state index contributed by atoms with van der Waals surface area (Å²) >= 11 is 0. The van der Waals surface area contributed by atoms with Gasteiger partial charge >= 0.3 is 0 Å². The minimum atomic E-state index is 0.347. The maximum Gasteiger partial charge on any atom is 0.0618 e. The second-order valence-electron chi connectivity index (χ2n) is 4.47. The number of aryl methyl sites for hydroxylation is 1. The Morgan fingerprint density at radius 2 is 2.12 bits per heavy atom. The Morgan fingerprint density at radius 3 is 2.81 bits per heavy atom. The summed E-state index contributed by atoms with van der Waals surface area (Å²) in [4.78, 5) is 9.26. The number of rotatable bonds is 2. The highest BCUT2D eigenvalue weighted by Crippen LogP contribution is 2.24. The minimum absolute atomic E-state index is 0.347. The highest BCUT2D eigenvalue weighted by atomic mass is 14.8. The third-order valence-corrected chi connectivity index (χ3v) is 3.06. The number of allylic oxidation sites excluding steroid dienone is 1. The van der Waals surface area contributed by atoms with E-state index in [0.717, 1.165) is 23.5 Å². The van der Waals surface area contributed by atoms with Crippen molar-refractivity contribution in [3.8, 4) is 0 Å². The van der Waals surface area contributed by atoms with Gasteiger partial charge in [0.2, 0.25) is 0 Å². The lowest BCUT2D eigenvalue weighted by molar-refractivity contribution is 0.559. The van der Waals surface area contributed by atoms with Gasteiger partial charge < -0.3 is 0 Å². The molecule has 2 nitrogen and oxygen atoms in total. The van der Waals surface area contributed by atoms with Gasteiger partial charge in [-0.3, -0.25) is 9.98 Å². The Morgan fingerprint density at radius 1 is 1.31 bits per heavy atom. The largest absolute Gasteiger partial charge is 0.286 e. The molecule has 84 valence electrons. The van der Waals surface area contributed by atoms with Crippen LogP contribution in [0, 0.1) is 6.92 Å². The van der Waals surface area contributed by atoms with E-state index < -0.39 is 0 Å². The number of dihydropyridines is 1. The SMILES string of the molecule is CC1=NC(C(C)c2cccc(C)n2)CC=C1. The first kappa shape index (κ1) is 11.1. The first-order chi connectivity index (χ1) is 7.66. The molecule has 0 bridgehead atoms. The van der Waals surface area contributed by atoms with Gasteiger partial charge in [0, 0.05) is 23.0 Å². The van der Waals surface area contributed by atoms with E-state index in [0.29, 0.717) is 12.0 Å². The van der Waals surface area contributed by atoms with Crippen LogP contribution in [0.15, 0.2) is 35.3 Å². The predicted molar refractivity (Wildman–Crippen MR) is 68.0 cm³/mol. The fraction of sp³-hybridized carbons (Fsp3) is 0.429. The summed E-state index contributed by atoms with van der Waals surface area (Å²) in [5.41, 5.74) is 3.35. The van der Waals surface area contributed by atoms with Crippen LogP contribution in [0.2, 0.25) is 0 Å². The average Bonchev–Trinajstić information content (AvgIpc) is 2.28. The third kappa shape index (κ3) is 2.38. The Hall–Kier alpha value is -1.44. The summed E-state index contributed by atoms with van der Waals surface area (Å²) in [5, 5.41) is 0. The molecular weight excluding hydrogens is 196 g/mol. The monoisotopic (exact) mass is 214 g/mol. The summed E-state index contributed by atoms with van der Waals surface area (Å²) in [6, 6.07) is 6.55. The Balaban J connectivity index is 2.19. The van der Waals surface area contributed by atoms with Gasteiger partial charge in [0.25, 0.3) is 0 Å². The molecule has 0 aromatic carbocycles. The molecule has 2 rings (SSSR count). The van der Waals surface area contributed by atoms with Crippen molar-refractivity contribution in [2.45, 2.75) is 39.2 Å². The van der Waals surface area contributed by atoms with Crippen LogP contribution < -0.4 is 0 Å². The van der Waals surface area contributed by atoms with Gasteiger partial charge in [-0.1, -0.05) is 19.1 Å². The van der Waals surface area contributed by atoms with Crippen LogP contribution in [0.1, 0.15) is 37.6 Å². The molecule has 0 saturated heterocycles. The van der Waals surface area contributed by atoms with E-state index in [9.17, 15) is 0 Å². The molecule has 0 fully saturated rings. The Bertz CT molecular complexity index is 432. The van der Waals surface area contributed by atoms with Crippen molar-refractivity contribution in [2.75, 3.05) is 0 Å². The molecule has 0 saturated carbocycles. The normalized spacial score (nSPS) is 21.7. The van der Waals surface area contributed by atoms with Crippen LogP contribution in [0.25, 0.3) is 0 Å². The highest BCUT2D eigenvalue weighted by molar-refractivity contribution is 5.93. The zero-order valence-corrected chi connectivity index (χ0v) is 10.1. The van der Waals surface area contributed by atoms with Crippen LogP contribution in [0.3, 0.4) is 0 Å². The number of hydrogen-bond acceptors (Lipinski definition) is 2. The maximum atomic E-state index is 4.68. The second-order valence-corrected chi connectivity index (χ2v) is 4.47. The van der Waals surface area contributed by atoms with Crippen LogP contribution >= 0.6 is 0 Å². The fourth-order valence-electron chi connectivity index (χ4n) is 2.07. The van der Waals surface area contributed by atoms with Crippen LogP contribution in [0.5, 0.6) is 0 Å². The standard InChI is InChI=1S/C14H18N2/c1-10-6-4-8-13(15-10)12(3)14-9-5-7-11(2)16-14/h4-8,12,14H,9H2,1-3H3.